The fourth-order valence-electron chi connectivity index (χ4n) is 2.72. The molecule has 0 aliphatic carbocycles. The number of aromatic nitrogens is 1. The van der Waals surface area contributed by atoms with Crippen LogP contribution in [-0.2, 0) is 6.54 Å². The maximum Gasteiger partial charge on any atom is 0.0457 e. The van der Waals surface area contributed by atoms with Gasteiger partial charge in [0.1, 0.15) is 0 Å². The number of fused-ring (bicyclic) bond motifs is 1. The molecule has 0 fully saturated rings. The third-order valence-electron chi connectivity index (χ3n) is 3.93. The molecular weight excluding hydrogens is 244 g/mol. The number of hydrogen-bond donors (Lipinski definition) is 2. The van der Waals surface area contributed by atoms with E-state index in [0.29, 0.717) is 6.04 Å². The molecule has 0 aliphatic rings. The van der Waals surface area contributed by atoms with Gasteiger partial charge in [0.05, 0.1) is 0 Å². The third kappa shape index (κ3) is 2.47. The Hall–Kier alpha value is -2.06. The number of nitrogens with one attached hydrogen (secondary N) is 2. The standard InChI is InChI=1S/C18H20N2/c1-13-7-3-4-8-16(13)14(2)19-11-15-12-20-18-10-6-5-9-17(15)18/h3-10,12,14,19-20H,11H2,1-2H3/t14-/m1/s1. The molecule has 3 aromatic rings. The van der Waals surface area contributed by atoms with Crippen LogP contribution in [0.15, 0.2) is 54.7 Å². The molecule has 0 saturated carbocycles. The highest BCUT2D eigenvalue weighted by Gasteiger charge is 2.08. The Balaban J connectivity index is 1.75. The van der Waals surface area contributed by atoms with Crippen LogP contribution in [0.4, 0.5) is 0 Å². The molecule has 2 nitrogen and oxygen atoms in total. The highest BCUT2D eigenvalue weighted by atomic mass is 14.9. The van der Waals surface area contributed by atoms with Crippen LogP contribution in [-0.4, -0.2) is 4.98 Å². The summed E-state index contributed by atoms with van der Waals surface area (Å²) in [7, 11) is 0. The third-order valence-corrected chi connectivity index (χ3v) is 3.93. The number of benzene rings is 2. The highest BCUT2D eigenvalue weighted by Crippen LogP contribution is 2.20. The van der Waals surface area contributed by atoms with Crippen LogP contribution < -0.4 is 5.32 Å². The van der Waals surface area contributed by atoms with Crippen LogP contribution >= 0.6 is 0 Å². The summed E-state index contributed by atoms with van der Waals surface area (Å²) in [5, 5.41) is 4.92. The van der Waals surface area contributed by atoms with Crippen LogP contribution in [0.2, 0.25) is 0 Å². The first-order chi connectivity index (χ1) is 9.75. The molecule has 102 valence electrons. The van der Waals surface area contributed by atoms with Crippen LogP contribution in [0.1, 0.15) is 29.7 Å². The summed E-state index contributed by atoms with van der Waals surface area (Å²) >= 11 is 0. The molecule has 0 radical (unpaired) electrons. The van der Waals surface area contributed by atoms with Gasteiger partial charge in [-0.15, -0.1) is 0 Å². The average molecular weight is 264 g/mol. The predicted octanol–water partition coefficient (Wildman–Crippen LogP) is 4.33. The number of hydrogen-bond acceptors (Lipinski definition) is 1. The lowest BCUT2D eigenvalue weighted by molar-refractivity contribution is 0.574. The molecule has 0 amide bonds. The van der Waals surface area contributed by atoms with E-state index < -0.39 is 0 Å². The van der Waals surface area contributed by atoms with Crippen molar-refractivity contribution >= 4 is 10.9 Å². The predicted molar refractivity (Wildman–Crippen MR) is 84.7 cm³/mol. The Kier molecular flexibility index (Phi) is 3.57. The first kappa shape index (κ1) is 12.9. The van der Waals surface area contributed by atoms with Crippen molar-refractivity contribution in [3.63, 3.8) is 0 Å². The van der Waals surface area contributed by atoms with Crippen molar-refractivity contribution in [3.05, 3.63) is 71.4 Å². The second-order valence-corrected chi connectivity index (χ2v) is 5.32. The fraction of sp³-hybridized carbons (Fsp3) is 0.222. The lowest BCUT2D eigenvalue weighted by atomic mass is 10.0. The molecule has 0 unspecified atom stereocenters. The van der Waals surface area contributed by atoms with Crippen molar-refractivity contribution in [2.75, 3.05) is 0 Å². The van der Waals surface area contributed by atoms with Crippen LogP contribution in [0, 0.1) is 6.92 Å². The summed E-state index contributed by atoms with van der Waals surface area (Å²) in [6, 6.07) is 17.3. The van der Waals surface area contributed by atoms with Gasteiger partial charge in [-0.3, -0.25) is 0 Å². The smallest absolute Gasteiger partial charge is 0.0457 e. The normalized spacial score (nSPS) is 12.7. The fourth-order valence-corrected chi connectivity index (χ4v) is 2.72. The minimum Gasteiger partial charge on any atom is -0.361 e. The Morgan fingerprint density at radius 3 is 2.65 bits per heavy atom. The van der Waals surface area contributed by atoms with E-state index in [-0.39, 0.29) is 0 Å². The summed E-state index contributed by atoms with van der Waals surface area (Å²) < 4.78 is 0. The van der Waals surface area contributed by atoms with Gasteiger partial charge in [-0.05, 0) is 36.6 Å². The second kappa shape index (κ2) is 5.51. The number of aromatic amines is 1. The number of H-pyrrole nitrogens is 1. The van der Waals surface area contributed by atoms with E-state index >= 15 is 0 Å². The minimum absolute atomic E-state index is 0.352. The SMILES string of the molecule is Cc1ccccc1[C@@H](C)NCc1c[nH]c2ccccc12. The van der Waals surface area contributed by atoms with Crippen molar-refractivity contribution in [2.45, 2.75) is 26.4 Å². The second-order valence-electron chi connectivity index (χ2n) is 5.32. The monoisotopic (exact) mass is 264 g/mol. The average Bonchev–Trinajstić information content (AvgIpc) is 2.88. The first-order valence-corrected chi connectivity index (χ1v) is 7.09. The Morgan fingerprint density at radius 1 is 1.05 bits per heavy atom. The van der Waals surface area contributed by atoms with Gasteiger partial charge in [-0.1, -0.05) is 42.5 Å². The molecule has 0 spiro atoms. The molecular formula is C18H20N2. The minimum atomic E-state index is 0.352. The van der Waals surface area contributed by atoms with Crippen LogP contribution in [0.3, 0.4) is 0 Å². The molecule has 2 heteroatoms. The maximum absolute atomic E-state index is 3.61. The van der Waals surface area contributed by atoms with Gasteiger partial charge in [0.15, 0.2) is 0 Å². The molecule has 2 N–H and O–H groups in total. The van der Waals surface area contributed by atoms with E-state index in [2.05, 4.69) is 78.9 Å². The van der Waals surface area contributed by atoms with Crippen molar-refractivity contribution in [2.24, 2.45) is 0 Å². The van der Waals surface area contributed by atoms with Gasteiger partial charge in [0.25, 0.3) is 0 Å². The summed E-state index contributed by atoms with van der Waals surface area (Å²) in [6.07, 6.45) is 2.10. The number of para-hydroxylation sites is 1. The molecule has 0 bridgehead atoms. The Labute approximate surface area is 119 Å². The van der Waals surface area contributed by atoms with Gasteiger partial charge in [-0.2, -0.15) is 0 Å². The van der Waals surface area contributed by atoms with E-state index in [1.807, 2.05) is 0 Å². The largest absolute Gasteiger partial charge is 0.361 e. The summed E-state index contributed by atoms with van der Waals surface area (Å²) in [4.78, 5) is 3.32. The lowest BCUT2D eigenvalue weighted by Crippen LogP contribution is -2.18. The highest BCUT2D eigenvalue weighted by molar-refractivity contribution is 5.82. The zero-order chi connectivity index (χ0) is 13.9. The molecule has 0 aliphatic heterocycles. The van der Waals surface area contributed by atoms with Crippen molar-refractivity contribution < 1.29 is 0 Å². The topological polar surface area (TPSA) is 27.8 Å². The van der Waals surface area contributed by atoms with E-state index in [4.69, 9.17) is 0 Å². The van der Waals surface area contributed by atoms with E-state index in [0.717, 1.165) is 6.54 Å². The van der Waals surface area contributed by atoms with Gasteiger partial charge in [0, 0.05) is 29.7 Å². The summed E-state index contributed by atoms with van der Waals surface area (Å²) in [6.45, 7) is 5.26. The molecule has 0 saturated heterocycles. The molecule has 1 heterocycles. The van der Waals surface area contributed by atoms with Crippen molar-refractivity contribution in [1.29, 1.82) is 0 Å². The van der Waals surface area contributed by atoms with E-state index in [1.165, 1.54) is 27.6 Å². The van der Waals surface area contributed by atoms with Gasteiger partial charge < -0.3 is 10.3 Å². The van der Waals surface area contributed by atoms with Gasteiger partial charge >= 0.3 is 0 Å². The van der Waals surface area contributed by atoms with Crippen molar-refractivity contribution in [1.82, 2.24) is 10.3 Å². The maximum atomic E-state index is 3.61. The van der Waals surface area contributed by atoms with Crippen LogP contribution in [0.25, 0.3) is 10.9 Å². The molecule has 3 rings (SSSR count). The lowest BCUT2D eigenvalue weighted by Gasteiger charge is -2.16. The molecule has 1 aromatic heterocycles. The van der Waals surface area contributed by atoms with Crippen molar-refractivity contribution in [3.8, 4) is 0 Å². The van der Waals surface area contributed by atoms with E-state index in [9.17, 15) is 0 Å². The van der Waals surface area contributed by atoms with Crippen LogP contribution in [0.5, 0.6) is 0 Å². The number of aryl methyl sites for hydroxylation is 1. The van der Waals surface area contributed by atoms with E-state index in [1.54, 1.807) is 0 Å². The Bertz CT molecular complexity index is 712. The first-order valence-electron chi connectivity index (χ1n) is 7.09. The molecule has 2 aromatic carbocycles. The Morgan fingerprint density at radius 2 is 1.80 bits per heavy atom. The molecule has 20 heavy (non-hydrogen) atoms. The quantitative estimate of drug-likeness (QED) is 0.721. The number of rotatable bonds is 4. The van der Waals surface area contributed by atoms with Gasteiger partial charge in [-0.25, -0.2) is 0 Å². The zero-order valence-corrected chi connectivity index (χ0v) is 12.0. The summed E-state index contributed by atoms with van der Waals surface area (Å²) in [5.74, 6) is 0. The zero-order valence-electron chi connectivity index (χ0n) is 12.0. The molecule has 1 atom stereocenters. The summed E-state index contributed by atoms with van der Waals surface area (Å²) in [5.41, 5.74) is 5.23. The van der Waals surface area contributed by atoms with Gasteiger partial charge in [0.2, 0.25) is 0 Å².